The van der Waals surface area contributed by atoms with Gasteiger partial charge in [0.25, 0.3) is 0 Å². The zero-order chi connectivity index (χ0) is 23.3. The summed E-state index contributed by atoms with van der Waals surface area (Å²) in [4.78, 5) is 0. The van der Waals surface area contributed by atoms with Gasteiger partial charge in [0.2, 0.25) is 0 Å². The van der Waals surface area contributed by atoms with E-state index >= 15 is 0 Å². The minimum Gasteiger partial charge on any atom is -0.492 e. The minimum absolute atomic E-state index is 0.239. The maximum atomic E-state index is 5.94. The fourth-order valence-electron chi connectivity index (χ4n) is 2.91. The Morgan fingerprint density at radius 2 is 1.00 bits per heavy atom. The summed E-state index contributed by atoms with van der Waals surface area (Å²) >= 11 is 28.9. The van der Waals surface area contributed by atoms with Gasteiger partial charge in [-0.1, -0.05) is 89.7 Å². The van der Waals surface area contributed by atoms with Crippen LogP contribution in [0.5, 0.6) is 11.5 Å². The van der Waals surface area contributed by atoms with Crippen molar-refractivity contribution in [2.45, 2.75) is 39.6 Å². The highest BCUT2D eigenvalue weighted by Crippen LogP contribution is 2.47. The molecule has 0 N–H and O–H groups in total. The van der Waals surface area contributed by atoms with Gasteiger partial charge in [0.1, 0.15) is 11.5 Å². The Bertz CT molecular complexity index is 828. The van der Waals surface area contributed by atoms with Crippen molar-refractivity contribution >= 4 is 127 Å². The van der Waals surface area contributed by atoms with Crippen molar-refractivity contribution in [1.29, 1.82) is 0 Å². The number of rotatable bonds is 10. The molecule has 2 rings (SSSR count). The van der Waals surface area contributed by atoms with Crippen LogP contribution in [0.1, 0.15) is 37.8 Å². The summed E-state index contributed by atoms with van der Waals surface area (Å²) in [7, 11) is 0. The lowest BCUT2D eigenvalue weighted by Gasteiger charge is -2.30. The molecule has 0 atom stereocenters. The SMILES string of the molecule is CC(C)(c1ccc(OCCC(Br)Br)c(Br)c1Br)c1ccc(OCCC(Br)Br)c(Br)c1Br. The van der Waals surface area contributed by atoms with Gasteiger partial charge in [-0.2, -0.15) is 0 Å². The first-order valence-corrected chi connectivity index (χ1v) is 16.1. The largest absolute Gasteiger partial charge is 0.492 e. The molecule has 0 saturated heterocycles. The van der Waals surface area contributed by atoms with E-state index in [1.165, 1.54) is 0 Å². The third-order valence-corrected chi connectivity index (χ3v) is 10.7. The van der Waals surface area contributed by atoms with Crippen LogP contribution < -0.4 is 9.47 Å². The van der Waals surface area contributed by atoms with E-state index in [2.05, 4.69) is 153 Å². The number of benzene rings is 2. The van der Waals surface area contributed by atoms with E-state index in [0.29, 0.717) is 13.2 Å². The Kier molecular flexibility index (Phi) is 12.5. The molecule has 10 heteroatoms. The number of halogens is 8. The zero-order valence-electron chi connectivity index (χ0n) is 16.6. The predicted molar refractivity (Wildman–Crippen MR) is 159 cm³/mol. The molecule has 0 saturated carbocycles. The van der Waals surface area contributed by atoms with Crippen LogP contribution in [0.2, 0.25) is 0 Å². The van der Waals surface area contributed by atoms with Crippen molar-refractivity contribution in [2.24, 2.45) is 0 Å². The fourth-order valence-corrected chi connectivity index (χ4v) is 6.23. The van der Waals surface area contributed by atoms with Crippen LogP contribution in [0.25, 0.3) is 0 Å². The first kappa shape index (κ1) is 29.1. The van der Waals surface area contributed by atoms with Gasteiger partial charge in [0.05, 0.1) is 29.6 Å². The summed E-state index contributed by atoms with van der Waals surface area (Å²) in [5.41, 5.74) is 2.01. The normalized spacial score (nSPS) is 12.0. The van der Waals surface area contributed by atoms with E-state index < -0.39 is 0 Å². The van der Waals surface area contributed by atoms with E-state index in [1.54, 1.807) is 0 Å². The van der Waals surface area contributed by atoms with Crippen molar-refractivity contribution in [3.05, 3.63) is 53.3 Å². The molecule has 0 aliphatic rings. The van der Waals surface area contributed by atoms with Crippen LogP contribution in [0, 0.1) is 0 Å². The van der Waals surface area contributed by atoms with Crippen LogP contribution >= 0.6 is 127 Å². The minimum atomic E-state index is -0.284. The van der Waals surface area contributed by atoms with Crippen LogP contribution in [-0.2, 0) is 5.41 Å². The molecule has 2 aromatic rings. The number of alkyl halides is 4. The van der Waals surface area contributed by atoms with Crippen molar-refractivity contribution < 1.29 is 9.47 Å². The Morgan fingerprint density at radius 1 is 0.645 bits per heavy atom. The molecular weight excluding hydrogens is 923 g/mol. The summed E-state index contributed by atoms with van der Waals surface area (Å²) in [6.07, 6.45) is 1.72. The van der Waals surface area contributed by atoms with E-state index in [4.69, 9.17) is 9.47 Å². The highest BCUT2D eigenvalue weighted by molar-refractivity contribution is 9.25. The van der Waals surface area contributed by atoms with Gasteiger partial charge < -0.3 is 9.47 Å². The molecule has 0 bridgehead atoms. The van der Waals surface area contributed by atoms with Crippen molar-refractivity contribution in [1.82, 2.24) is 0 Å². The molecule has 0 aliphatic carbocycles. The Balaban J connectivity index is 2.32. The lowest BCUT2D eigenvalue weighted by atomic mass is 9.78. The third-order valence-electron chi connectivity index (χ3n) is 4.63. The zero-order valence-corrected chi connectivity index (χ0v) is 29.3. The highest BCUT2D eigenvalue weighted by atomic mass is 79.9. The second-order valence-corrected chi connectivity index (χ2v) is 17.2. The summed E-state index contributed by atoms with van der Waals surface area (Å²) < 4.78 is 16.1. The van der Waals surface area contributed by atoms with Crippen LogP contribution in [-0.4, -0.2) is 20.7 Å². The molecular formula is C21H20Br8O2. The topological polar surface area (TPSA) is 18.5 Å². The van der Waals surface area contributed by atoms with Gasteiger partial charge in [0, 0.05) is 27.2 Å². The maximum Gasteiger partial charge on any atom is 0.134 e. The third kappa shape index (κ3) is 7.94. The molecule has 31 heavy (non-hydrogen) atoms. The first-order chi connectivity index (χ1) is 14.5. The van der Waals surface area contributed by atoms with Gasteiger partial charge in [-0.25, -0.2) is 0 Å². The molecule has 0 aliphatic heterocycles. The van der Waals surface area contributed by atoms with E-state index in [1.807, 2.05) is 12.1 Å². The Hall–Kier alpha value is 1.88. The molecule has 0 amide bonds. The molecule has 0 fully saturated rings. The van der Waals surface area contributed by atoms with Gasteiger partial charge >= 0.3 is 0 Å². The molecule has 0 spiro atoms. The number of hydrogen-bond acceptors (Lipinski definition) is 2. The molecule has 172 valence electrons. The lowest BCUT2D eigenvalue weighted by molar-refractivity contribution is 0.315. The van der Waals surface area contributed by atoms with Gasteiger partial charge in [-0.05, 0) is 87.0 Å². The number of hydrogen-bond donors (Lipinski definition) is 0. The first-order valence-electron chi connectivity index (χ1n) is 9.25. The summed E-state index contributed by atoms with van der Waals surface area (Å²) in [5, 5.41) is 0. The molecule has 0 radical (unpaired) electrons. The molecule has 2 aromatic carbocycles. The van der Waals surface area contributed by atoms with Crippen molar-refractivity contribution in [3.63, 3.8) is 0 Å². The molecule has 0 aromatic heterocycles. The highest BCUT2D eigenvalue weighted by Gasteiger charge is 2.30. The standard InChI is InChI=1S/C21H20Br8O2/c1-21(2,11-3-5-13(19(28)17(11)26)30-9-7-15(22)23)12-4-6-14(20(29)18(12)27)31-10-8-16(24)25/h3-6,15-16H,7-10H2,1-2H3. The second-order valence-electron chi connectivity index (χ2n) is 7.16. The van der Waals surface area contributed by atoms with Gasteiger partial charge in [-0.3, -0.25) is 0 Å². The summed E-state index contributed by atoms with van der Waals surface area (Å²) in [5.74, 6) is 1.63. The van der Waals surface area contributed by atoms with E-state index in [0.717, 1.165) is 53.4 Å². The van der Waals surface area contributed by atoms with E-state index in [-0.39, 0.29) is 12.9 Å². The average molecular weight is 944 g/mol. The van der Waals surface area contributed by atoms with Gasteiger partial charge in [-0.15, -0.1) is 0 Å². The quantitative estimate of drug-likeness (QED) is 0.221. The van der Waals surface area contributed by atoms with Gasteiger partial charge in [0.15, 0.2) is 0 Å². The van der Waals surface area contributed by atoms with Crippen LogP contribution in [0.4, 0.5) is 0 Å². The predicted octanol–water partition coefficient (Wildman–Crippen LogP) is 10.8. The number of ether oxygens (including phenoxy) is 2. The van der Waals surface area contributed by atoms with Crippen LogP contribution in [0.15, 0.2) is 42.2 Å². The molecule has 2 nitrogen and oxygen atoms in total. The van der Waals surface area contributed by atoms with Crippen molar-refractivity contribution in [3.8, 4) is 11.5 Å². The van der Waals surface area contributed by atoms with Crippen LogP contribution in [0.3, 0.4) is 0 Å². The fraction of sp³-hybridized carbons (Fsp3) is 0.429. The Morgan fingerprint density at radius 3 is 1.32 bits per heavy atom. The van der Waals surface area contributed by atoms with E-state index in [9.17, 15) is 0 Å². The monoisotopic (exact) mass is 935 g/mol. The second kappa shape index (κ2) is 13.3. The lowest BCUT2D eigenvalue weighted by Crippen LogP contribution is -2.21. The molecule has 0 heterocycles. The summed E-state index contributed by atoms with van der Waals surface area (Å²) in [6.45, 7) is 5.63. The average Bonchev–Trinajstić information content (AvgIpc) is 2.67. The van der Waals surface area contributed by atoms with Crippen molar-refractivity contribution in [2.75, 3.05) is 13.2 Å². The molecule has 0 unspecified atom stereocenters. The summed E-state index contributed by atoms with van der Waals surface area (Å²) in [6, 6.07) is 8.25. The smallest absolute Gasteiger partial charge is 0.134 e. The maximum absolute atomic E-state index is 5.94. The Labute approximate surface area is 251 Å².